The Hall–Kier alpha value is 1.31. The fourth-order valence-electron chi connectivity index (χ4n) is 0.397. The van der Waals surface area contributed by atoms with E-state index in [9.17, 15) is 14.7 Å². The number of carboxylic acid groups (broad SMARTS) is 5. The van der Waals surface area contributed by atoms with Gasteiger partial charge >= 0.3 is 124 Å². The summed E-state index contributed by atoms with van der Waals surface area (Å²) in [4.78, 5) is 46.4. The van der Waals surface area contributed by atoms with E-state index in [-0.39, 0.29) is 131 Å². The maximum Gasteiger partial charge on any atom is 1.00 e. The first-order chi connectivity index (χ1) is 9.73. The third-order valence-electron chi connectivity index (χ3n) is 0.972. The predicted molar refractivity (Wildman–Crippen MR) is 61.9 cm³/mol. The maximum absolute atomic E-state index is 9.88. The van der Waals surface area contributed by atoms with E-state index in [2.05, 4.69) is 0 Å². The summed E-state index contributed by atoms with van der Waals surface area (Å²) in [7, 11) is 0. The van der Waals surface area contributed by atoms with Gasteiger partial charge in [0.2, 0.25) is 0 Å². The summed E-state index contributed by atoms with van der Waals surface area (Å²) < 4.78 is 0. The first kappa shape index (κ1) is 50.7. The minimum absolute atomic E-state index is 0. The van der Waals surface area contributed by atoms with Crippen molar-refractivity contribution in [3.8, 4) is 0 Å². The van der Waals surface area contributed by atoms with Crippen molar-refractivity contribution in [2.45, 2.75) is 39.7 Å². The van der Waals surface area contributed by atoms with Crippen LogP contribution in [0.5, 0.6) is 0 Å². The van der Waals surface area contributed by atoms with Gasteiger partial charge in [-0.1, -0.05) is 0 Å². The zero-order valence-electron chi connectivity index (χ0n) is 16.2. The molecule has 15 heteroatoms. The molecular formula is C11H17NNa4O10. The molecule has 0 aromatic carbocycles. The zero-order valence-corrected chi connectivity index (χ0v) is 24.2. The molecule has 0 aliphatic rings. The second-order valence-electron chi connectivity index (χ2n) is 3.33. The average Bonchev–Trinajstić information content (AvgIpc) is 2.22. The molecule has 0 aromatic rings. The van der Waals surface area contributed by atoms with E-state index >= 15 is 0 Å². The van der Waals surface area contributed by atoms with Crippen molar-refractivity contribution < 1.29 is 168 Å². The number of rotatable bonds is 4. The summed E-state index contributed by atoms with van der Waals surface area (Å²) in [6, 6.07) is -1.17. The van der Waals surface area contributed by atoms with Crippen LogP contribution in [-0.2, 0) is 24.0 Å². The summed E-state index contributed by atoms with van der Waals surface area (Å²) in [6.45, 7) is 2.92. The normalized spacial score (nSPS) is 7.69. The molecule has 26 heavy (non-hydrogen) atoms. The van der Waals surface area contributed by atoms with Crippen LogP contribution in [0.15, 0.2) is 0 Å². The molecule has 0 spiro atoms. The smallest absolute Gasteiger partial charge is 0.550 e. The number of carbonyl (C=O) groups excluding carboxylic acids is 4. The van der Waals surface area contributed by atoms with E-state index in [1.807, 2.05) is 0 Å². The van der Waals surface area contributed by atoms with Crippen LogP contribution in [-0.4, -0.2) is 41.0 Å². The van der Waals surface area contributed by atoms with Crippen LogP contribution in [0.3, 0.4) is 0 Å². The summed E-state index contributed by atoms with van der Waals surface area (Å²) in [6.07, 6.45) is -0.327. The molecule has 0 radical (unpaired) electrons. The summed E-state index contributed by atoms with van der Waals surface area (Å²) >= 11 is 0. The number of nitrogens with two attached hydrogens (primary N) is 1. The molecule has 0 amide bonds. The van der Waals surface area contributed by atoms with Gasteiger partial charge in [-0.05, 0) is 27.2 Å². The van der Waals surface area contributed by atoms with Gasteiger partial charge in [0.1, 0.15) is 0 Å². The SMILES string of the molecule is CC(=O)[O-].CC(=O)[O-].CC(=O)[O-].NC(CCC(=O)O)C(=O)[O-].[Na+].[Na+].[Na+].[Na+]. The second-order valence-corrected chi connectivity index (χ2v) is 3.33. The minimum Gasteiger partial charge on any atom is -0.550 e. The fourth-order valence-corrected chi connectivity index (χ4v) is 0.397. The van der Waals surface area contributed by atoms with E-state index < -0.39 is 35.9 Å². The quantitative estimate of drug-likeness (QED) is 0.410. The van der Waals surface area contributed by atoms with Gasteiger partial charge in [0.15, 0.2) is 0 Å². The van der Waals surface area contributed by atoms with Gasteiger partial charge in [-0.3, -0.25) is 4.79 Å². The summed E-state index contributed by atoms with van der Waals surface area (Å²) in [5.41, 5.74) is 4.94. The summed E-state index contributed by atoms with van der Waals surface area (Å²) in [5, 5.41) is 44.6. The fraction of sp³-hybridized carbons (Fsp3) is 0.545. The molecule has 0 aliphatic carbocycles. The molecule has 1 atom stereocenters. The first-order valence-corrected chi connectivity index (χ1v) is 5.44. The van der Waals surface area contributed by atoms with Crippen LogP contribution in [0.2, 0.25) is 0 Å². The third kappa shape index (κ3) is 141. The number of hydrogen-bond donors (Lipinski definition) is 2. The molecule has 11 nitrogen and oxygen atoms in total. The third-order valence-corrected chi connectivity index (χ3v) is 0.972. The molecule has 3 N–H and O–H groups in total. The Bertz CT molecular complexity index is 341. The number of aliphatic carboxylic acids is 5. The Kier molecular flexibility index (Phi) is 72.4. The van der Waals surface area contributed by atoms with Crippen molar-refractivity contribution in [2.24, 2.45) is 5.73 Å². The van der Waals surface area contributed by atoms with E-state index in [4.69, 9.17) is 40.5 Å². The zero-order chi connectivity index (χ0) is 18.9. The number of carboxylic acids is 5. The van der Waals surface area contributed by atoms with Crippen LogP contribution in [0.25, 0.3) is 0 Å². The Balaban J connectivity index is -0.0000000291. The van der Waals surface area contributed by atoms with Crippen LogP contribution in [0.1, 0.15) is 33.6 Å². The molecule has 0 rings (SSSR count). The van der Waals surface area contributed by atoms with Gasteiger partial charge in [-0.25, -0.2) is 0 Å². The van der Waals surface area contributed by atoms with Gasteiger partial charge in [0, 0.05) is 30.4 Å². The van der Waals surface area contributed by atoms with Crippen LogP contribution in [0, 0.1) is 0 Å². The van der Waals surface area contributed by atoms with Crippen molar-refractivity contribution in [3.63, 3.8) is 0 Å². The van der Waals surface area contributed by atoms with E-state index in [1.165, 1.54) is 0 Å². The second kappa shape index (κ2) is 37.1. The van der Waals surface area contributed by atoms with Crippen LogP contribution in [0.4, 0.5) is 0 Å². The average molecular weight is 415 g/mol. The molecule has 0 aromatic heterocycles. The van der Waals surface area contributed by atoms with Crippen molar-refractivity contribution in [2.75, 3.05) is 0 Å². The predicted octanol–water partition coefficient (Wildman–Crippen LogP) is -17.8. The van der Waals surface area contributed by atoms with Crippen molar-refractivity contribution in [1.82, 2.24) is 0 Å². The minimum atomic E-state index is -1.42. The number of hydrogen-bond acceptors (Lipinski definition) is 10. The monoisotopic (exact) mass is 415 g/mol. The summed E-state index contributed by atoms with van der Waals surface area (Å²) in [5.74, 6) is -5.72. The van der Waals surface area contributed by atoms with Crippen molar-refractivity contribution in [3.05, 3.63) is 0 Å². The Morgan fingerprint density at radius 2 is 0.962 bits per heavy atom. The standard InChI is InChI=1S/C5H9NO4.3C2H4O2.4Na/c6-3(5(9)10)1-2-4(7)8;3*1-2(3)4;;;;/h3H,1-2,6H2,(H,7,8)(H,9,10);3*1H3,(H,3,4);;;;/q;;;;4*+1/p-4. The van der Waals surface area contributed by atoms with Gasteiger partial charge in [-0.2, -0.15) is 0 Å². The van der Waals surface area contributed by atoms with E-state index in [1.54, 1.807) is 0 Å². The van der Waals surface area contributed by atoms with Crippen molar-refractivity contribution >= 4 is 29.8 Å². The van der Waals surface area contributed by atoms with E-state index in [0.717, 1.165) is 20.8 Å². The molecule has 0 saturated heterocycles. The first-order valence-electron chi connectivity index (χ1n) is 5.44. The van der Waals surface area contributed by atoms with Crippen molar-refractivity contribution in [1.29, 1.82) is 0 Å². The molecule has 0 fully saturated rings. The molecule has 0 heterocycles. The van der Waals surface area contributed by atoms with E-state index in [0.29, 0.717) is 0 Å². The largest absolute Gasteiger partial charge is 1.00 e. The maximum atomic E-state index is 9.88. The van der Waals surface area contributed by atoms with Crippen LogP contribution >= 0.6 is 0 Å². The molecule has 0 bridgehead atoms. The van der Waals surface area contributed by atoms with Gasteiger partial charge in [-0.15, -0.1) is 0 Å². The molecule has 0 aliphatic heterocycles. The van der Waals surface area contributed by atoms with Gasteiger partial charge in [0.05, 0.1) is 5.97 Å². The Morgan fingerprint density at radius 1 is 0.769 bits per heavy atom. The van der Waals surface area contributed by atoms with Crippen LogP contribution < -0.4 is 144 Å². The number of carbonyl (C=O) groups is 5. The Labute approximate surface area is 239 Å². The Morgan fingerprint density at radius 3 is 1.08 bits per heavy atom. The molecular weight excluding hydrogens is 398 g/mol. The molecule has 1 unspecified atom stereocenters. The van der Waals surface area contributed by atoms with Gasteiger partial charge < -0.3 is 50.4 Å². The van der Waals surface area contributed by atoms with Gasteiger partial charge in [0.25, 0.3) is 0 Å². The molecule has 130 valence electrons. The topological polar surface area (TPSA) is 224 Å². The molecule has 0 saturated carbocycles.